The molecule has 0 saturated heterocycles. The van der Waals surface area contributed by atoms with Gasteiger partial charge in [0.05, 0.1) is 48.7 Å². The summed E-state index contributed by atoms with van der Waals surface area (Å²) in [7, 11) is 4.12. The highest BCUT2D eigenvalue weighted by Gasteiger charge is 2.33. The third kappa shape index (κ3) is 5.03. The van der Waals surface area contributed by atoms with E-state index in [1.54, 1.807) is 55.5 Å². The quantitative estimate of drug-likeness (QED) is 0.323. The van der Waals surface area contributed by atoms with Gasteiger partial charge in [-0.1, -0.05) is 42.2 Å². The Hall–Kier alpha value is -4.44. The number of thiazole rings is 1. The van der Waals surface area contributed by atoms with E-state index in [-0.39, 0.29) is 11.1 Å². The third-order valence-electron chi connectivity index (χ3n) is 5.92. The van der Waals surface area contributed by atoms with Gasteiger partial charge in [0, 0.05) is 0 Å². The summed E-state index contributed by atoms with van der Waals surface area (Å²) < 4.78 is 22.7. The number of hydrogen-bond donors (Lipinski definition) is 0. The Labute approximate surface area is 222 Å². The van der Waals surface area contributed by atoms with Crippen LogP contribution in [0.5, 0.6) is 11.5 Å². The van der Waals surface area contributed by atoms with Crippen LogP contribution in [0, 0.1) is 0 Å². The average Bonchev–Trinajstić information content (AvgIpc) is 3.24. The van der Waals surface area contributed by atoms with Gasteiger partial charge in [-0.15, -0.1) is 0 Å². The number of esters is 2. The SMILES string of the molecule is C=CCOc1ccc(C=c2sc3n(c2=O)C(c2ccc(C(=O)OC)cc2)C(C(=O)OC)=C(C)N=3)cc1OC. The molecule has 38 heavy (non-hydrogen) atoms. The highest BCUT2D eigenvalue weighted by atomic mass is 32.1. The molecule has 2 heterocycles. The molecule has 0 fully saturated rings. The number of allylic oxidation sites excluding steroid dienone is 1. The van der Waals surface area contributed by atoms with Crippen LogP contribution >= 0.6 is 11.3 Å². The van der Waals surface area contributed by atoms with Gasteiger partial charge in [0.15, 0.2) is 16.3 Å². The van der Waals surface area contributed by atoms with E-state index in [9.17, 15) is 14.4 Å². The molecular formula is C28H26N2O7S. The molecule has 10 heteroatoms. The Morgan fingerprint density at radius 2 is 1.76 bits per heavy atom. The Morgan fingerprint density at radius 3 is 2.39 bits per heavy atom. The maximum absolute atomic E-state index is 13.7. The van der Waals surface area contributed by atoms with Crippen molar-refractivity contribution in [3.8, 4) is 11.5 Å². The molecule has 1 atom stereocenters. The Kier molecular flexibility index (Phi) is 7.92. The summed E-state index contributed by atoms with van der Waals surface area (Å²) in [6, 6.07) is 11.1. The largest absolute Gasteiger partial charge is 0.493 e. The normalized spacial score (nSPS) is 14.8. The first-order valence-electron chi connectivity index (χ1n) is 11.5. The maximum Gasteiger partial charge on any atom is 0.338 e. The summed E-state index contributed by atoms with van der Waals surface area (Å²) in [4.78, 5) is 43.4. The lowest BCUT2D eigenvalue weighted by Gasteiger charge is -2.24. The molecule has 0 aliphatic carbocycles. The van der Waals surface area contributed by atoms with Gasteiger partial charge in [-0.2, -0.15) is 0 Å². The summed E-state index contributed by atoms with van der Waals surface area (Å²) in [6.07, 6.45) is 3.37. The zero-order valence-corrected chi connectivity index (χ0v) is 22.2. The monoisotopic (exact) mass is 534 g/mol. The summed E-state index contributed by atoms with van der Waals surface area (Å²) in [5, 5.41) is 0. The number of rotatable bonds is 8. The summed E-state index contributed by atoms with van der Waals surface area (Å²) >= 11 is 1.21. The van der Waals surface area contributed by atoms with Gasteiger partial charge in [0.1, 0.15) is 6.61 Å². The van der Waals surface area contributed by atoms with Crippen LogP contribution in [0.2, 0.25) is 0 Å². The third-order valence-corrected chi connectivity index (χ3v) is 6.90. The van der Waals surface area contributed by atoms with Crippen LogP contribution < -0.4 is 24.4 Å². The molecule has 0 N–H and O–H groups in total. The number of fused-ring (bicyclic) bond motifs is 1. The molecule has 2 aromatic carbocycles. The van der Waals surface area contributed by atoms with E-state index < -0.39 is 18.0 Å². The number of carbonyl (C=O) groups excluding carboxylic acids is 2. The van der Waals surface area contributed by atoms with Gasteiger partial charge >= 0.3 is 11.9 Å². The molecule has 0 amide bonds. The van der Waals surface area contributed by atoms with E-state index in [4.69, 9.17) is 18.9 Å². The fourth-order valence-electron chi connectivity index (χ4n) is 4.12. The summed E-state index contributed by atoms with van der Waals surface area (Å²) in [6.45, 7) is 5.68. The topological polar surface area (TPSA) is 105 Å². The Balaban J connectivity index is 1.86. The van der Waals surface area contributed by atoms with E-state index in [1.807, 2.05) is 6.07 Å². The maximum atomic E-state index is 13.7. The van der Waals surface area contributed by atoms with Crippen LogP contribution in [0.1, 0.15) is 34.5 Å². The van der Waals surface area contributed by atoms with E-state index in [1.165, 1.54) is 37.2 Å². The summed E-state index contributed by atoms with van der Waals surface area (Å²) in [5.41, 5.74) is 2.04. The number of hydrogen-bond acceptors (Lipinski definition) is 9. The minimum Gasteiger partial charge on any atom is -0.493 e. The molecule has 0 radical (unpaired) electrons. The minimum absolute atomic E-state index is 0.239. The summed E-state index contributed by atoms with van der Waals surface area (Å²) in [5.74, 6) is -0.0142. The second-order valence-electron chi connectivity index (χ2n) is 8.20. The lowest BCUT2D eigenvalue weighted by Crippen LogP contribution is -2.39. The van der Waals surface area contributed by atoms with Crippen LogP contribution in [-0.4, -0.2) is 44.4 Å². The minimum atomic E-state index is -0.795. The highest BCUT2D eigenvalue weighted by Crippen LogP contribution is 2.31. The molecule has 3 aromatic rings. The van der Waals surface area contributed by atoms with E-state index in [0.29, 0.717) is 44.3 Å². The molecule has 1 unspecified atom stereocenters. The number of nitrogens with zero attached hydrogens (tertiary/aromatic N) is 2. The van der Waals surface area contributed by atoms with Crippen molar-refractivity contribution in [2.24, 2.45) is 4.99 Å². The lowest BCUT2D eigenvalue weighted by atomic mass is 9.95. The van der Waals surface area contributed by atoms with E-state index in [2.05, 4.69) is 11.6 Å². The Morgan fingerprint density at radius 1 is 1.05 bits per heavy atom. The zero-order valence-electron chi connectivity index (χ0n) is 21.3. The molecule has 0 spiro atoms. The molecule has 0 saturated carbocycles. The van der Waals surface area contributed by atoms with Crippen LogP contribution in [0.25, 0.3) is 6.08 Å². The van der Waals surface area contributed by atoms with Crippen molar-refractivity contribution in [2.75, 3.05) is 27.9 Å². The number of benzene rings is 2. The van der Waals surface area contributed by atoms with Crippen molar-refractivity contribution in [1.82, 2.24) is 4.57 Å². The predicted molar refractivity (Wildman–Crippen MR) is 142 cm³/mol. The molecule has 1 aromatic heterocycles. The lowest BCUT2D eigenvalue weighted by molar-refractivity contribution is -0.136. The first-order valence-corrected chi connectivity index (χ1v) is 12.4. The van der Waals surface area contributed by atoms with Gasteiger partial charge in [-0.05, 0) is 48.4 Å². The van der Waals surface area contributed by atoms with Crippen molar-refractivity contribution in [3.63, 3.8) is 0 Å². The highest BCUT2D eigenvalue weighted by molar-refractivity contribution is 7.07. The van der Waals surface area contributed by atoms with E-state index in [0.717, 1.165) is 5.56 Å². The Bertz CT molecular complexity index is 1610. The van der Waals surface area contributed by atoms with Gasteiger partial charge in [-0.25, -0.2) is 14.6 Å². The first-order chi connectivity index (χ1) is 18.3. The number of aromatic nitrogens is 1. The average molecular weight is 535 g/mol. The second-order valence-corrected chi connectivity index (χ2v) is 9.21. The van der Waals surface area contributed by atoms with Crippen molar-refractivity contribution in [3.05, 3.63) is 103 Å². The zero-order chi connectivity index (χ0) is 27.4. The molecule has 1 aliphatic heterocycles. The predicted octanol–water partition coefficient (Wildman–Crippen LogP) is 2.77. The van der Waals surface area contributed by atoms with Crippen LogP contribution in [0.15, 0.2) is 76.2 Å². The fraction of sp³-hybridized carbons (Fsp3) is 0.214. The number of carbonyl (C=O) groups is 2. The standard InChI is InChI=1S/C28H26N2O7S/c1-6-13-37-20-12-7-17(14-21(20)34-3)15-22-25(31)30-24(18-8-10-19(11-9-18)26(32)35-4)23(27(33)36-5)16(2)29-28(30)38-22/h6-12,14-15,24H,1,13H2,2-5H3. The second kappa shape index (κ2) is 11.3. The number of ether oxygens (including phenoxy) is 4. The van der Waals surface area contributed by atoms with Gasteiger partial charge in [-0.3, -0.25) is 9.36 Å². The van der Waals surface area contributed by atoms with Gasteiger partial charge < -0.3 is 18.9 Å². The molecule has 9 nitrogen and oxygen atoms in total. The van der Waals surface area contributed by atoms with Crippen LogP contribution in [0.3, 0.4) is 0 Å². The first kappa shape index (κ1) is 26.6. The van der Waals surface area contributed by atoms with E-state index >= 15 is 0 Å². The fourth-order valence-corrected chi connectivity index (χ4v) is 5.17. The smallest absolute Gasteiger partial charge is 0.338 e. The molecular weight excluding hydrogens is 508 g/mol. The van der Waals surface area contributed by atoms with Gasteiger partial charge in [0.2, 0.25) is 0 Å². The van der Waals surface area contributed by atoms with Crippen molar-refractivity contribution in [2.45, 2.75) is 13.0 Å². The van der Waals surface area contributed by atoms with Crippen molar-refractivity contribution >= 4 is 29.4 Å². The van der Waals surface area contributed by atoms with Crippen LogP contribution in [-0.2, 0) is 14.3 Å². The number of methoxy groups -OCH3 is 3. The molecule has 1 aliphatic rings. The molecule has 196 valence electrons. The molecule has 4 rings (SSSR count). The van der Waals surface area contributed by atoms with Crippen molar-refractivity contribution in [1.29, 1.82) is 0 Å². The van der Waals surface area contributed by atoms with Crippen LogP contribution in [0.4, 0.5) is 0 Å². The van der Waals surface area contributed by atoms with Crippen molar-refractivity contribution < 1.29 is 28.5 Å². The van der Waals surface area contributed by atoms with Gasteiger partial charge in [0.25, 0.3) is 5.56 Å². The molecule has 0 bridgehead atoms.